The number of nitrogens with two attached hydrogens (primary N) is 1. The van der Waals surface area contributed by atoms with Crippen molar-refractivity contribution in [1.82, 2.24) is 4.90 Å². The molecule has 1 saturated heterocycles. The third-order valence-corrected chi connectivity index (χ3v) is 3.91. The summed E-state index contributed by atoms with van der Waals surface area (Å²) in [4.78, 5) is 11.6. The molecule has 24 heavy (non-hydrogen) atoms. The first-order valence-electron chi connectivity index (χ1n) is 8.11. The predicted octanol–water partition coefficient (Wildman–Crippen LogP) is 3.99. The van der Waals surface area contributed by atoms with E-state index in [1.807, 2.05) is 60.7 Å². The molecule has 0 amide bonds. The van der Waals surface area contributed by atoms with Gasteiger partial charge in [-0.2, -0.15) is 4.99 Å². The van der Waals surface area contributed by atoms with Gasteiger partial charge in [-0.3, -0.25) is 0 Å². The number of piperidine rings is 1. The molecule has 5 heteroatoms. The highest BCUT2D eigenvalue weighted by Crippen LogP contribution is 2.16. The first-order valence-corrected chi connectivity index (χ1v) is 8.11. The highest BCUT2D eigenvalue weighted by atomic mass is 35.5. The molecule has 2 aromatic rings. The van der Waals surface area contributed by atoms with Crippen LogP contribution in [-0.4, -0.2) is 29.8 Å². The van der Waals surface area contributed by atoms with Gasteiger partial charge < -0.3 is 10.6 Å². The zero-order valence-electron chi connectivity index (χ0n) is 13.6. The highest BCUT2D eigenvalue weighted by Gasteiger charge is 2.15. The number of hydrogen-bond acceptors (Lipinski definition) is 1. The van der Waals surface area contributed by atoms with Crippen molar-refractivity contribution in [3.63, 3.8) is 0 Å². The van der Waals surface area contributed by atoms with Gasteiger partial charge in [0.25, 0.3) is 0 Å². The van der Waals surface area contributed by atoms with E-state index in [2.05, 4.69) is 9.89 Å². The lowest BCUT2D eigenvalue weighted by molar-refractivity contribution is 0.339. The summed E-state index contributed by atoms with van der Waals surface area (Å²) in [6, 6.07) is 19.8. The number of hydrogen-bond donors (Lipinski definition) is 1. The summed E-state index contributed by atoms with van der Waals surface area (Å²) in [7, 11) is 0. The SMILES string of the molecule is Cl.N/C(=N\C(=Nc1ccccc1)N1CCCCC1)c1ccccc1. The summed E-state index contributed by atoms with van der Waals surface area (Å²) in [6.07, 6.45) is 3.62. The average molecular weight is 343 g/mol. The molecular weight excluding hydrogens is 320 g/mol. The fourth-order valence-corrected chi connectivity index (χ4v) is 2.66. The molecule has 1 aliphatic rings. The van der Waals surface area contributed by atoms with Gasteiger partial charge in [0.05, 0.1) is 5.69 Å². The molecule has 0 saturated carbocycles. The molecule has 1 aliphatic heterocycles. The Morgan fingerprint density at radius 2 is 1.42 bits per heavy atom. The van der Waals surface area contributed by atoms with Crippen molar-refractivity contribution in [3.8, 4) is 0 Å². The summed E-state index contributed by atoms with van der Waals surface area (Å²) < 4.78 is 0. The summed E-state index contributed by atoms with van der Waals surface area (Å²) in [5.41, 5.74) is 8.02. The van der Waals surface area contributed by atoms with E-state index in [9.17, 15) is 0 Å². The minimum Gasteiger partial charge on any atom is -0.383 e. The maximum Gasteiger partial charge on any atom is 0.227 e. The lowest BCUT2D eigenvalue weighted by Gasteiger charge is -2.27. The second-order valence-electron chi connectivity index (χ2n) is 5.66. The first-order chi connectivity index (χ1) is 11.3. The van der Waals surface area contributed by atoms with Crippen molar-refractivity contribution in [2.45, 2.75) is 19.3 Å². The quantitative estimate of drug-likeness (QED) is 0.662. The molecule has 3 rings (SSSR count). The molecule has 0 radical (unpaired) electrons. The van der Waals surface area contributed by atoms with E-state index in [1.54, 1.807) is 0 Å². The Hall–Kier alpha value is -2.33. The second-order valence-corrected chi connectivity index (χ2v) is 5.66. The van der Waals surface area contributed by atoms with Gasteiger partial charge in [0.15, 0.2) is 0 Å². The van der Waals surface area contributed by atoms with Crippen LogP contribution in [0.25, 0.3) is 0 Å². The van der Waals surface area contributed by atoms with Crippen molar-refractivity contribution >= 4 is 29.9 Å². The summed E-state index contributed by atoms with van der Waals surface area (Å²) in [6.45, 7) is 1.97. The maximum absolute atomic E-state index is 6.20. The molecule has 0 unspecified atom stereocenters. The van der Waals surface area contributed by atoms with Crippen molar-refractivity contribution in [2.24, 2.45) is 15.7 Å². The molecule has 0 spiro atoms. The third-order valence-electron chi connectivity index (χ3n) is 3.91. The van der Waals surface area contributed by atoms with Gasteiger partial charge in [0.2, 0.25) is 5.96 Å². The van der Waals surface area contributed by atoms with Crippen LogP contribution in [0, 0.1) is 0 Å². The van der Waals surface area contributed by atoms with Crippen LogP contribution in [0.4, 0.5) is 5.69 Å². The monoisotopic (exact) mass is 342 g/mol. The Balaban J connectivity index is 0.00000208. The minimum absolute atomic E-state index is 0. The van der Waals surface area contributed by atoms with Crippen LogP contribution >= 0.6 is 12.4 Å². The normalized spacial score (nSPS) is 15.8. The number of likely N-dealkylation sites (tertiary alicyclic amines) is 1. The molecule has 0 aromatic heterocycles. The fraction of sp³-hybridized carbons (Fsp3) is 0.263. The third kappa shape index (κ3) is 4.83. The minimum atomic E-state index is 0. The largest absolute Gasteiger partial charge is 0.383 e. The van der Waals surface area contributed by atoms with Crippen molar-refractivity contribution < 1.29 is 0 Å². The Kier molecular flexibility index (Phi) is 6.82. The highest BCUT2D eigenvalue weighted by molar-refractivity contribution is 6.05. The zero-order chi connectivity index (χ0) is 15.9. The number of amidine groups is 1. The Morgan fingerprint density at radius 1 is 0.833 bits per heavy atom. The second kappa shape index (κ2) is 9.08. The predicted molar refractivity (Wildman–Crippen MR) is 103 cm³/mol. The average Bonchev–Trinajstić information content (AvgIpc) is 2.63. The number of para-hydroxylation sites is 1. The van der Waals surface area contributed by atoms with E-state index < -0.39 is 0 Å². The topological polar surface area (TPSA) is 54.0 Å². The molecule has 4 nitrogen and oxygen atoms in total. The fourth-order valence-electron chi connectivity index (χ4n) is 2.66. The van der Waals surface area contributed by atoms with Gasteiger partial charge in [-0.25, -0.2) is 4.99 Å². The van der Waals surface area contributed by atoms with Crippen LogP contribution < -0.4 is 5.73 Å². The number of halogens is 1. The van der Waals surface area contributed by atoms with E-state index in [0.29, 0.717) is 11.8 Å². The standard InChI is InChI=1S/C19H22N4.ClH/c20-18(16-10-4-1-5-11-16)22-19(23-14-8-3-9-15-23)21-17-12-6-2-7-13-17;/h1-2,4-7,10-13H,3,8-9,14-15H2,(H2,20,21,22);1H. The van der Waals surface area contributed by atoms with Crippen molar-refractivity contribution in [3.05, 3.63) is 66.2 Å². The molecule has 2 N–H and O–H groups in total. The van der Waals surface area contributed by atoms with E-state index in [0.717, 1.165) is 24.3 Å². The van der Waals surface area contributed by atoms with Crippen LogP contribution in [-0.2, 0) is 0 Å². The van der Waals surface area contributed by atoms with Crippen molar-refractivity contribution in [2.75, 3.05) is 13.1 Å². The van der Waals surface area contributed by atoms with Gasteiger partial charge in [-0.1, -0.05) is 48.5 Å². The van der Waals surface area contributed by atoms with E-state index in [4.69, 9.17) is 10.7 Å². The van der Waals surface area contributed by atoms with Crippen LogP contribution in [0.1, 0.15) is 24.8 Å². The number of nitrogens with zero attached hydrogens (tertiary/aromatic N) is 3. The van der Waals surface area contributed by atoms with Gasteiger partial charge in [-0.05, 0) is 31.4 Å². The molecule has 1 fully saturated rings. The Morgan fingerprint density at radius 3 is 2.04 bits per heavy atom. The van der Waals surface area contributed by atoms with E-state index in [-0.39, 0.29) is 12.4 Å². The Labute approximate surface area is 149 Å². The van der Waals surface area contributed by atoms with Crippen LogP contribution in [0.3, 0.4) is 0 Å². The van der Waals surface area contributed by atoms with Crippen LogP contribution in [0.15, 0.2) is 70.6 Å². The molecule has 0 atom stereocenters. The number of benzene rings is 2. The van der Waals surface area contributed by atoms with Crippen LogP contribution in [0.2, 0.25) is 0 Å². The number of rotatable bonds is 2. The van der Waals surface area contributed by atoms with Gasteiger partial charge in [0.1, 0.15) is 5.84 Å². The number of guanidine groups is 1. The molecule has 0 bridgehead atoms. The van der Waals surface area contributed by atoms with E-state index >= 15 is 0 Å². The summed E-state index contributed by atoms with van der Waals surface area (Å²) >= 11 is 0. The Bertz CT molecular complexity index is 677. The first kappa shape index (κ1) is 18.0. The molecule has 2 aromatic carbocycles. The van der Waals surface area contributed by atoms with Crippen molar-refractivity contribution in [1.29, 1.82) is 0 Å². The lowest BCUT2D eigenvalue weighted by atomic mass is 10.1. The number of aliphatic imine (C=N–C) groups is 2. The lowest BCUT2D eigenvalue weighted by Crippen LogP contribution is -2.36. The summed E-state index contributed by atoms with van der Waals surface area (Å²) in [5, 5.41) is 0. The van der Waals surface area contributed by atoms with Gasteiger partial charge in [0, 0.05) is 18.7 Å². The van der Waals surface area contributed by atoms with Gasteiger partial charge >= 0.3 is 0 Å². The molecule has 1 heterocycles. The summed E-state index contributed by atoms with van der Waals surface area (Å²) in [5.74, 6) is 1.21. The maximum atomic E-state index is 6.20. The van der Waals surface area contributed by atoms with Gasteiger partial charge in [-0.15, -0.1) is 12.4 Å². The smallest absolute Gasteiger partial charge is 0.227 e. The molecule has 126 valence electrons. The van der Waals surface area contributed by atoms with Crippen LogP contribution in [0.5, 0.6) is 0 Å². The molecule has 0 aliphatic carbocycles. The van der Waals surface area contributed by atoms with E-state index in [1.165, 1.54) is 19.3 Å². The zero-order valence-corrected chi connectivity index (χ0v) is 14.5. The molecular formula is C19H23ClN4.